The Balaban J connectivity index is 2.38. The number of ether oxygens (including phenoxy) is 1. The number of nitro groups is 1. The summed E-state index contributed by atoms with van der Waals surface area (Å²) in [5.41, 5.74) is 0.406. The van der Waals surface area contributed by atoms with Crippen molar-refractivity contribution in [3.05, 3.63) is 62.1 Å². The van der Waals surface area contributed by atoms with Gasteiger partial charge < -0.3 is 9.84 Å². The molecule has 110 valence electrons. The third-order valence-electron chi connectivity index (χ3n) is 2.78. The molecule has 1 N–H and O–H groups in total. The zero-order valence-electron chi connectivity index (χ0n) is 10.9. The molecule has 0 unspecified atom stereocenters. The van der Waals surface area contributed by atoms with E-state index in [1.807, 2.05) is 0 Å². The Hall–Kier alpha value is -1.82. The minimum Gasteiger partial charge on any atom is -0.449 e. The molecule has 0 spiro atoms. The summed E-state index contributed by atoms with van der Waals surface area (Å²) in [5, 5.41) is 21.0. The average molecular weight is 328 g/mol. The van der Waals surface area contributed by atoms with Crippen LogP contribution < -0.4 is 4.74 Å². The number of aliphatic hydroxyl groups excluding tert-OH is 1. The molecule has 0 bridgehead atoms. The van der Waals surface area contributed by atoms with Gasteiger partial charge in [-0.15, -0.1) is 0 Å². The summed E-state index contributed by atoms with van der Waals surface area (Å²) in [6, 6.07) is 8.72. The molecule has 2 rings (SSSR count). The zero-order chi connectivity index (χ0) is 15.6. The van der Waals surface area contributed by atoms with Crippen LogP contribution >= 0.6 is 23.2 Å². The molecule has 5 nitrogen and oxygen atoms in total. The van der Waals surface area contributed by atoms with E-state index in [0.29, 0.717) is 10.6 Å². The molecule has 7 heteroatoms. The molecule has 1 atom stereocenters. The van der Waals surface area contributed by atoms with Gasteiger partial charge in [0.25, 0.3) is 0 Å². The summed E-state index contributed by atoms with van der Waals surface area (Å²) < 4.78 is 5.48. The molecule has 0 aromatic heterocycles. The molecule has 0 amide bonds. The van der Waals surface area contributed by atoms with Gasteiger partial charge in [0.05, 0.1) is 16.0 Å². The fourth-order valence-corrected chi connectivity index (χ4v) is 2.09. The van der Waals surface area contributed by atoms with E-state index in [4.69, 9.17) is 27.9 Å². The Morgan fingerprint density at radius 2 is 1.90 bits per heavy atom. The van der Waals surface area contributed by atoms with Crippen molar-refractivity contribution in [2.45, 2.75) is 13.0 Å². The highest BCUT2D eigenvalue weighted by atomic mass is 35.5. The highest BCUT2D eigenvalue weighted by molar-refractivity contribution is 6.32. The highest BCUT2D eigenvalue weighted by Crippen LogP contribution is 2.37. The normalized spacial score (nSPS) is 12.0. The number of nitrogens with zero attached hydrogens (tertiary/aromatic N) is 1. The van der Waals surface area contributed by atoms with Gasteiger partial charge in [0, 0.05) is 17.2 Å². The van der Waals surface area contributed by atoms with Crippen LogP contribution in [0.25, 0.3) is 0 Å². The van der Waals surface area contributed by atoms with Gasteiger partial charge in [0.1, 0.15) is 5.75 Å². The summed E-state index contributed by atoms with van der Waals surface area (Å²) >= 11 is 11.9. The minimum absolute atomic E-state index is 0.000744. The summed E-state index contributed by atoms with van der Waals surface area (Å²) in [7, 11) is 0. The molecule has 2 aromatic rings. The van der Waals surface area contributed by atoms with E-state index in [2.05, 4.69) is 0 Å². The molecule has 0 heterocycles. The van der Waals surface area contributed by atoms with Crippen LogP contribution in [0.1, 0.15) is 18.6 Å². The first-order chi connectivity index (χ1) is 9.88. The second kappa shape index (κ2) is 6.30. The van der Waals surface area contributed by atoms with Crippen molar-refractivity contribution in [1.82, 2.24) is 0 Å². The molecular formula is C14H11Cl2NO4. The van der Waals surface area contributed by atoms with Crippen LogP contribution in [0.5, 0.6) is 11.5 Å². The van der Waals surface area contributed by atoms with Gasteiger partial charge in [-0.1, -0.05) is 29.3 Å². The number of hydrogen-bond donors (Lipinski definition) is 1. The van der Waals surface area contributed by atoms with Crippen molar-refractivity contribution >= 4 is 28.9 Å². The molecule has 0 fully saturated rings. The van der Waals surface area contributed by atoms with E-state index in [0.717, 1.165) is 0 Å². The molecule has 0 saturated heterocycles. The quantitative estimate of drug-likeness (QED) is 0.649. The Morgan fingerprint density at radius 1 is 1.19 bits per heavy atom. The number of hydrogen-bond acceptors (Lipinski definition) is 4. The first-order valence-electron chi connectivity index (χ1n) is 5.98. The predicted molar refractivity (Wildman–Crippen MR) is 80.3 cm³/mol. The minimum atomic E-state index is -0.669. The largest absolute Gasteiger partial charge is 0.449 e. The van der Waals surface area contributed by atoms with Crippen LogP contribution in [0.15, 0.2) is 36.4 Å². The van der Waals surface area contributed by atoms with Crippen molar-refractivity contribution < 1.29 is 14.8 Å². The lowest BCUT2D eigenvalue weighted by Crippen LogP contribution is -1.95. The number of halogens is 2. The second-order valence-corrected chi connectivity index (χ2v) is 5.18. The van der Waals surface area contributed by atoms with Crippen molar-refractivity contribution in [2.24, 2.45) is 0 Å². The number of aliphatic hydroxyl groups is 1. The van der Waals surface area contributed by atoms with Gasteiger partial charge in [-0.2, -0.15) is 0 Å². The van der Waals surface area contributed by atoms with Crippen molar-refractivity contribution in [3.8, 4) is 11.5 Å². The summed E-state index contributed by atoms with van der Waals surface area (Å²) in [6.07, 6.45) is -0.669. The first-order valence-corrected chi connectivity index (χ1v) is 6.73. The molecule has 0 saturated carbocycles. The van der Waals surface area contributed by atoms with Gasteiger partial charge in [0.15, 0.2) is 0 Å². The fraction of sp³-hybridized carbons (Fsp3) is 0.143. The van der Waals surface area contributed by atoms with Crippen molar-refractivity contribution in [2.75, 3.05) is 0 Å². The zero-order valence-corrected chi connectivity index (χ0v) is 12.4. The van der Waals surface area contributed by atoms with Crippen LogP contribution in [0.4, 0.5) is 5.69 Å². The monoisotopic (exact) mass is 327 g/mol. The average Bonchev–Trinajstić information content (AvgIpc) is 2.40. The Morgan fingerprint density at radius 3 is 2.48 bits per heavy atom. The molecule has 21 heavy (non-hydrogen) atoms. The summed E-state index contributed by atoms with van der Waals surface area (Å²) in [4.78, 5) is 10.4. The van der Waals surface area contributed by atoms with E-state index in [1.54, 1.807) is 13.0 Å². The van der Waals surface area contributed by atoms with Crippen LogP contribution in [-0.4, -0.2) is 10.0 Å². The Kier molecular flexibility index (Phi) is 4.67. The van der Waals surface area contributed by atoms with Crippen LogP contribution in [0.2, 0.25) is 10.0 Å². The standard InChI is InChI=1S/C14H11Cl2NO4/c1-8(18)9-2-5-13(11(16)6-9)21-14-7-10(15)3-4-12(14)17(19)20/h2-8,18H,1H3/t8-/m0/s1. The van der Waals surface area contributed by atoms with Crippen molar-refractivity contribution in [3.63, 3.8) is 0 Å². The summed E-state index contributed by atoms with van der Waals surface area (Å²) in [6.45, 7) is 1.61. The van der Waals surface area contributed by atoms with Gasteiger partial charge in [-0.25, -0.2) is 0 Å². The maximum Gasteiger partial charge on any atom is 0.311 e. The van der Waals surface area contributed by atoms with Gasteiger partial charge in [0.2, 0.25) is 5.75 Å². The van der Waals surface area contributed by atoms with Gasteiger partial charge in [-0.05, 0) is 30.7 Å². The summed E-state index contributed by atoms with van der Waals surface area (Å²) in [5.74, 6) is 0.241. The van der Waals surface area contributed by atoms with E-state index in [-0.39, 0.29) is 22.2 Å². The smallest absolute Gasteiger partial charge is 0.311 e. The molecule has 2 aromatic carbocycles. The molecular weight excluding hydrogens is 317 g/mol. The lowest BCUT2D eigenvalue weighted by atomic mass is 10.1. The Bertz CT molecular complexity index is 689. The first kappa shape index (κ1) is 15.6. The van der Waals surface area contributed by atoms with E-state index in [1.165, 1.54) is 30.3 Å². The topological polar surface area (TPSA) is 72.6 Å². The Labute approximate surface area is 130 Å². The van der Waals surface area contributed by atoms with Gasteiger partial charge >= 0.3 is 5.69 Å². The van der Waals surface area contributed by atoms with E-state index in [9.17, 15) is 15.2 Å². The fourth-order valence-electron chi connectivity index (χ4n) is 1.70. The third-order valence-corrected chi connectivity index (χ3v) is 3.31. The second-order valence-electron chi connectivity index (χ2n) is 4.34. The molecule has 0 radical (unpaired) electrons. The van der Waals surface area contributed by atoms with E-state index >= 15 is 0 Å². The maximum atomic E-state index is 11.0. The number of benzene rings is 2. The third kappa shape index (κ3) is 3.64. The molecule has 0 aliphatic heterocycles. The lowest BCUT2D eigenvalue weighted by molar-refractivity contribution is -0.385. The molecule has 0 aliphatic rings. The number of nitro benzene ring substituents is 1. The lowest BCUT2D eigenvalue weighted by Gasteiger charge is -2.11. The number of rotatable bonds is 4. The van der Waals surface area contributed by atoms with Crippen molar-refractivity contribution in [1.29, 1.82) is 0 Å². The maximum absolute atomic E-state index is 11.0. The van der Waals surface area contributed by atoms with Crippen LogP contribution in [0, 0.1) is 10.1 Å². The predicted octanol–water partition coefficient (Wildman–Crippen LogP) is 4.75. The van der Waals surface area contributed by atoms with E-state index < -0.39 is 11.0 Å². The van der Waals surface area contributed by atoms with Crippen LogP contribution in [-0.2, 0) is 0 Å². The van der Waals surface area contributed by atoms with Gasteiger partial charge in [-0.3, -0.25) is 10.1 Å². The molecule has 0 aliphatic carbocycles. The SMILES string of the molecule is C[C@H](O)c1ccc(Oc2cc(Cl)ccc2[N+](=O)[O-])c(Cl)c1. The van der Waals surface area contributed by atoms with Crippen LogP contribution in [0.3, 0.4) is 0 Å². The highest BCUT2D eigenvalue weighted by Gasteiger charge is 2.17.